The number of hydrogen-bond acceptors (Lipinski definition) is 5. The number of carbonyl (C=O) groups is 1. The standard InChI is InChI=1S/C19H16Cl2N2O4S2/c1-23(29(25,26)16-11-17(20)28-18(16)21)15-6-4-3-5-14(15)19(24)22-12-7-9-13(27-2)10-8-12/h3-11H,1-2H3,(H,22,24). The Bertz CT molecular complexity index is 1150. The largest absolute Gasteiger partial charge is 0.497 e. The molecule has 3 rings (SSSR count). The van der Waals surface area contributed by atoms with Crippen molar-refractivity contribution in [3.8, 4) is 5.75 Å². The van der Waals surface area contributed by atoms with Crippen LogP contribution in [0.1, 0.15) is 10.4 Å². The smallest absolute Gasteiger partial charge is 0.266 e. The third kappa shape index (κ3) is 4.51. The van der Waals surface area contributed by atoms with Crippen LogP contribution in [-0.4, -0.2) is 28.5 Å². The number of rotatable bonds is 6. The van der Waals surface area contributed by atoms with E-state index in [1.54, 1.807) is 55.6 Å². The highest BCUT2D eigenvalue weighted by atomic mass is 35.5. The van der Waals surface area contributed by atoms with Gasteiger partial charge in [-0.25, -0.2) is 8.42 Å². The van der Waals surface area contributed by atoms with E-state index in [1.165, 1.54) is 13.1 Å². The fraction of sp³-hybridized carbons (Fsp3) is 0.105. The van der Waals surface area contributed by atoms with E-state index in [2.05, 4.69) is 5.32 Å². The van der Waals surface area contributed by atoms with Crippen molar-refractivity contribution in [2.75, 3.05) is 23.8 Å². The zero-order valence-corrected chi connectivity index (χ0v) is 18.5. The zero-order valence-electron chi connectivity index (χ0n) is 15.3. The van der Waals surface area contributed by atoms with Gasteiger partial charge in [0.15, 0.2) is 0 Å². The Balaban J connectivity index is 1.93. The molecule has 0 atom stereocenters. The SMILES string of the molecule is COc1ccc(NC(=O)c2ccccc2N(C)S(=O)(=O)c2cc(Cl)sc2Cl)cc1. The second-order valence-corrected chi connectivity index (χ2v) is 10.1. The molecule has 0 bridgehead atoms. The van der Waals surface area contributed by atoms with E-state index in [9.17, 15) is 13.2 Å². The van der Waals surface area contributed by atoms with Crippen molar-refractivity contribution in [3.05, 3.63) is 68.8 Å². The van der Waals surface area contributed by atoms with Gasteiger partial charge in [-0.15, -0.1) is 11.3 Å². The summed E-state index contributed by atoms with van der Waals surface area (Å²) in [5.74, 6) is 0.197. The van der Waals surface area contributed by atoms with Gasteiger partial charge in [0.2, 0.25) is 0 Å². The lowest BCUT2D eigenvalue weighted by Gasteiger charge is -2.21. The van der Waals surface area contributed by atoms with Crippen molar-refractivity contribution in [3.63, 3.8) is 0 Å². The summed E-state index contributed by atoms with van der Waals surface area (Å²) >= 11 is 12.9. The van der Waals surface area contributed by atoms with Gasteiger partial charge in [0, 0.05) is 12.7 Å². The van der Waals surface area contributed by atoms with Gasteiger partial charge in [-0.2, -0.15) is 0 Å². The summed E-state index contributed by atoms with van der Waals surface area (Å²) in [6.07, 6.45) is 0. The highest BCUT2D eigenvalue weighted by Gasteiger charge is 2.28. The number of carbonyl (C=O) groups excluding carboxylic acids is 1. The number of hydrogen-bond donors (Lipinski definition) is 1. The number of thiophene rings is 1. The lowest BCUT2D eigenvalue weighted by molar-refractivity contribution is 0.102. The molecule has 2 aromatic carbocycles. The summed E-state index contributed by atoms with van der Waals surface area (Å²) < 4.78 is 32.5. The molecule has 6 nitrogen and oxygen atoms in total. The summed E-state index contributed by atoms with van der Waals surface area (Å²) in [7, 11) is -1.10. The maximum absolute atomic E-state index is 13.0. The molecule has 29 heavy (non-hydrogen) atoms. The fourth-order valence-corrected chi connectivity index (χ4v) is 5.92. The van der Waals surface area contributed by atoms with Crippen molar-refractivity contribution in [1.29, 1.82) is 0 Å². The van der Waals surface area contributed by atoms with Crippen LogP contribution in [0.3, 0.4) is 0 Å². The minimum Gasteiger partial charge on any atom is -0.497 e. The van der Waals surface area contributed by atoms with E-state index in [0.717, 1.165) is 15.6 Å². The second kappa shape index (κ2) is 8.62. The molecule has 1 aromatic heterocycles. The minimum atomic E-state index is -4.01. The summed E-state index contributed by atoms with van der Waals surface area (Å²) in [4.78, 5) is 12.7. The number of anilines is 2. The van der Waals surface area contributed by atoms with Gasteiger partial charge in [0.1, 0.15) is 15.0 Å². The fourth-order valence-electron chi connectivity index (χ4n) is 2.59. The summed E-state index contributed by atoms with van der Waals surface area (Å²) in [5.41, 5.74) is 0.938. The molecule has 0 spiro atoms. The van der Waals surface area contributed by atoms with Gasteiger partial charge in [0.25, 0.3) is 15.9 Å². The highest BCUT2D eigenvalue weighted by molar-refractivity contribution is 7.93. The monoisotopic (exact) mass is 470 g/mol. The molecule has 3 aromatic rings. The summed E-state index contributed by atoms with van der Waals surface area (Å²) in [6.45, 7) is 0. The first-order valence-corrected chi connectivity index (χ1v) is 11.2. The molecule has 0 saturated heterocycles. The van der Waals surface area contributed by atoms with Gasteiger partial charge >= 0.3 is 0 Å². The van der Waals surface area contributed by atoms with Crippen LogP contribution < -0.4 is 14.4 Å². The topological polar surface area (TPSA) is 75.7 Å². The van der Waals surface area contributed by atoms with E-state index in [4.69, 9.17) is 27.9 Å². The number of nitrogens with one attached hydrogen (secondary N) is 1. The van der Waals surface area contributed by atoms with Crippen molar-refractivity contribution in [1.82, 2.24) is 0 Å². The summed E-state index contributed by atoms with van der Waals surface area (Å²) in [5, 5.41) is 2.75. The maximum Gasteiger partial charge on any atom is 0.266 e. The Morgan fingerprint density at radius 2 is 1.76 bits per heavy atom. The molecule has 152 valence electrons. The van der Waals surface area contributed by atoms with Crippen LogP contribution in [0.5, 0.6) is 5.75 Å². The molecule has 0 aliphatic rings. The molecule has 0 aliphatic carbocycles. The molecule has 1 N–H and O–H groups in total. The molecule has 0 radical (unpaired) electrons. The number of amides is 1. The van der Waals surface area contributed by atoms with E-state index in [0.29, 0.717) is 11.4 Å². The third-order valence-electron chi connectivity index (χ3n) is 4.10. The van der Waals surface area contributed by atoms with E-state index in [1.807, 2.05) is 0 Å². The first kappa shape index (κ1) is 21.4. The maximum atomic E-state index is 13.0. The van der Waals surface area contributed by atoms with Crippen LogP contribution in [0.4, 0.5) is 11.4 Å². The van der Waals surface area contributed by atoms with Crippen LogP contribution in [-0.2, 0) is 10.0 Å². The first-order chi connectivity index (χ1) is 13.7. The minimum absolute atomic E-state index is 0.0574. The second-order valence-electron chi connectivity index (χ2n) is 5.86. The molecule has 0 unspecified atom stereocenters. The van der Waals surface area contributed by atoms with Gasteiger partial charge in [-0.1, -0.05) is 35.3 Å². The number of ether oxygens (including phenoxy) is 1. The van der Waals surface area contributed by atoms with Crippen molar-refractivity contribution < 1.29 is 17.9 Å². The van der Waals surface area contributed by atoms with Crippen LogP contribution in [0, 0.1) is 0 Å². The average molecular weight is 471 g/mol. The lowest BCUT2D eigenvalue weighted by Crippen LogP contribution is -2.29. The van der Waals surface area contributed by atoms with Crippen LogP contribution in [0.2, 0.25) is 8.67 Å². The Morgan fingerprint density at radius 1 is 1.10 bits per heavy atom. The number of methoxy groups -OCH3 is 1. The van der Waals surface area contributed by atoms with Crippen molar-refractivity contribution >= 4 is 61.8 Å². The van der Waals surface area contributed by atoms with E-state index in [-0.39, 0.29) is 24.8 Å². The van der Waals surface area contributed by atoms with Gasteiger partial charge < -0.3 is 10.1 Å². The van der Waals surface area contributed by atoms with Crippen LogP contribution >= 0.6 is 34.5 Å². The summed E-state index contributed by atoms with van der Waals surface area (Å²) in [6, 6.07) is 14.5. The predicted molar refractivity (Wildman–Crippen MR) is 117 cm³/mol. The van der Waals surface area contributed by atoms with Gasteiger partial charge in [-0.3, -0.25) is 9.10 Å². The highest BCUT2D eigenvalue weighted by Crippen LogP contribution is 2.37. The number of halogens is 2. The molecular formula is C19H16Cl2N2O4S2. The Hall–Kier alpha value is -2.26. The van der Waals surface area contributed by atoms with E-state index < -0.39 is 15.9 Å². The quantitative estimate of drug-likeness (QED) is 0.540. The van der Waals surface area contributed by atoms with Crippen LogP contribution in [0.15, 0.2) is 59.5 Å². The lowest BCUT2D eigenvalue weighted by atomic mass is 10.1. The normalized spacial score (nSPS) is 11.2. The Labute approximate surface area is 182 Å². The third-order valence-corrected chi connectivity index (χ3v) is 7.62. The zero-order chi connectivity index (χ0) is 21.2. The van der Waals surface area contributed by atoms with Crippen LogP contribution in [0.25, 0.3) is 0 Å². The Kier molecular flexibility index (Phi) is 6.38. The predicted octanol–water partition coefficient (Wildman–Crippen LogP) is 5.14. The molecule has 0 saturated carbocycles. The molecule has 0 fully saturated rings. The molecule has 1 amide bonds. The average Bonchev–Trinajstić information content (AvgIpc) is 3.06. The number of para-hydroxylation sites is 1. The van der Waals surface area contributed by atoms with Gasteiger partial charge in [0.05, 0.1) is 22.7 Å². The number of sulfonamides is 1. The first-order valence-electron chi connectivity index (χ1n) is 8.22. The molecule has 0 aliphatic heterocycles. The van der Waals surface area contributed by atoms with Crippen molar-refractivity contribution in [2.24, 2.45) is 0 Å². The van der Waals surface area contributed by atoms with Gasteiger partial charge in [-0.05, 0) is 42.5 Å². The molecule has 10 heteroatoms. The van der Waals surface area contributed by atoms with Crippen molar-refractivity contribution in [2.45, 2.75) is 4.90 Å². The Morgan fingerprint density at radius 3 is 2.34 bits per heavy atom. The van der Waals surface area contributed by atoms with E-state index >= 15 is 0 Å². The number of benzene rings is 2. The molecule has 1 heterocycles. The number of nitrogens with zero attached hydrogens (tertiary/aromatic N) is 1. The molecular weight excluding hydrogens is 455 g/mol.